The molecule has 3 nitrogen and oxygen atoms in total. The molecule has 0 fully saturated rings. The SMILES string of the molecule is O=C(O)c1cccc(OCc2csc3ccccc23)c1. The van der Waals surface area contributed by atoms with Crippen molar-refractivity contribution in [2.45, 2.75) is 6.61 Å². The summed E-state index contributed by atoms with van der Waals surface area (Å²) in [6.45, 7) is 0.438. The number of carbonyl (C=O) groups is 1. The Hall–Kier alpha value is -2.33. The third-order valence-corrected chi connectivity index (χ3v) is 4.05. The number of fused-ring (bicyclic) bond motifs is 1. The first-order valence-electron chi connectivity index (χ1n) is 6.15. The molecule has 0 amide bonds. The van der Waals surface area contributed by atoms with E-state index in [2.05, 4.69) is 17.5 Å². The Morgan fingerprint density at radius 1 is 1.15 bits per heavy atom. The van der Waals surface area contributed by atoms with Gasteiger partial charge in [0.2, 0.25) is 0 Å². The smallest absolute Gasteiger partial charge is 0.335 e. The highest BCUT2D eigenvalue weighted by Crippen LogP contribution is 2.26. The molecule has 0 saturated heterocycles. The highest BCUT2D eigenvalue weighted by atomic mass is 32.1. The van der Waals surface area contributed by atoms with Gasteiger partial charge in [-0.15, -0.1) is 11.3 Å². The molecule has 0 radical (unpaired) electrons. The van der Waals surface area contributed by atoms with Crippen LogP contribution in [-0.2, 0) is 6.61 Å². The zero-order chi connectivity index (χ0) is 13.9. The Kier molecular flexibility index (Phi) is 3.39. The zero-order valence-corrected chi connectivity index (χ0v) is 11.4. The second-order valence-corrected chi connectivity index (χ2v) is 5.29. The van der Waals surface area contributed by atoms with E-state index in [1.807, 2.05) is 12.1 Å². The van der Waals surface area contributed by atoms with Gasteiger partial charge in [-0.3, -0.25) is 0 Å². The molecule has 0 aliphatic heterocycles. The molecule has 100 valence electrons. The molecule has 3 rings (SSSR count). The van der Waals surface area contributed by atoms with E-state index in [0.717, 1.165) is 5.56 Å². The third kappa shape index (κ3) is 2.51. The van der Waals surface area contributed by atoms with E-state index in [-0.39, 0.29) is 5.56 Å². The van der Waals surface area contributed by atoms with E-state index in [4.69, 9.17) is 9.84 Å². The summed E-state index contributed by atoms with van der Waals surface area (Å²) in [5, 5.41) is 12.2. The van der Waals surface area contributed by atoms with Gasteiger partial charge in [-0.25, -0.2) is 4.79 Å². The average molecular weight is 284 g/mol. The fourth-order valence-electron chi connectivity index (χ4n) is 2.02. The first-order chi connectivity index (χ1) is 9.74. The maximum Gasteiger partial charge on any atom is 0.335 e. The third-order valence-electron chi connectivity index (χ3n) is 3.04. The zero-order valence-electron chi connectivity index (χ0n) is 10.6. The molecule has 0 saturated carbocycles. The largest absolute Gasteiger partial charge is 0.489 e. The molecule has 0 bridgehead atoms. The van der Waals surface area contributed by atoms with Gasteiger partial charge in [-0.1, -0.05) is 24.3 Å². The van der Waals surface area contributed by atoms with Crippen molar-refractivity contribution in [1.82, 2.24) is 0 Å². The topological polar surface area (TPSA) is 46.5 Å². The lowest BCUT2D eigenvalue weighted by atomic mass is 10.2. The monoisotopic (exact) mass is 284 g/mol. The van der Waals surface area contributed by atoms with Crippen LogP contribution >= 0.6 is 11.3 Å². The number of carboxylic acids is 1. The van der Waals surface area contributed by atoms with Gasteiger partial charge in [-0.05, 0) is 35.0 Å². The van der Waals surface area contributed by atoms with Gasteiger partial charge in [0.25, 0.3) is 0 Å². The van der Waals surface area contributed by atoms with E-state index in [1.165, 1.54) is 16.2 Å². The van der Waals surface area contributed by atoms with Gasteiger partial charge >= 0.3 is 5.97 Å². The van der Waals surface area contributed by atoms with Crippen molar-refractivity contribution in [2.24, 2.45) is 0 Å². The molecule has 1 N–H and O–H groups in total. The van der Waals surface area contributed by atoms with Crippen LogP contribution in [0.3, 0.4) is 0 Å². The van der Waals surface area contributed by atoms with Crippen LogP contribution in [-0.4, -0.2) is 11.1 Å². The van der Waals surface area contributed by atoms with Crippen molar-refractivity contribution in [2.75, 3.05) is 0 Å². The Bertz CT molecular complexity index is 761. The first kappa shape index (κ1) is 12.7. The lowest BCUT2D eigenvalue weighted by Gasteiger charge is -2.06. The Labute approximate surface area is 120 Å². The molecule has 0 atom stereocenters. The first-order valence-corrected chi connectivity index (χ1v) is 7.03. The summed E-state index contributed by atoms with van der Waals surface area (Å²) in [5.41, 5.74) is 1.35. The molecule has 3 aromatic rings. The highest BCUT2D eigenvalue weighted by molar-refractivity contribution is 7.17. The number of hydrogen-bond acceptors (Lipinski definition) is 3. The number of aromatic carboxylic acids is 1. The van der Waals surface area contributed by atoms with Crippen LogP contribution in [0.1, 0.15) is 15.9 Å². The van der Waals surface area contributed by atoms with E-state index >= 15 is 0 Å². The second-order valence-electron chi connectivity index (χ2n) is 4.38. The van der Waals surface area contributed by atoms with Gasteiger partial charge in [0.05, 0.1) is 5.56 Å². The summed E-state index contributed by atoms with van der Waals surface area (Å²) >= 11 is 1.68. The number of hydrogen-bond donors (Lipinski definition) is 1. The summed E-state index contributed by atoms with van der Waals surface area (Å²) in [6, 6.07) is 14.7. The normalized spacial score (nSPS) is 10.6. The summed E-state index contributed by atoms with van der Waals surface area (Å²) < 4.78 is 6.92. The number of ether oxygens (including phenoxy) is 1. The second kappa shape index (κ2) is 5.35. The minimum Gasteiger partial charge on any atom is -0.489 e. The molecule has 2 aromatic carbocycles. The lowest BCUT2D eigenvalue weighted by molar-refractivity contribution is 0.0696. The van der Waals surface area contributed by atoms with Crippen LogP contribution in [0.4, 0.5) is 0 Å². The molecule has 1 heterocycles. The van der Waals surface area contributed by atoms with Crippen LogP contribution in [0.5, 0.6) is 5.75 Å². The highest BCUT2D eigenvalue weighted by Gasteiger charge is 2.06. The molecule has 0 aliphatic carbocycles. The van der Waals surface area contributed by atoms with Crippen LogP contribution in [0.25, 0.3) is 10.1 Å². The minimum atomic E-state index is -0.948. The fraction of sp³-hybridized carbons (Fsp3) is 0.0625. The van der Waals surface area contributed by atoms with Crippen LogP contribution < -0.4 is 4.74 Å². The molecule has 1 aromatic heterocycles. The number of rotatable bonds is 4. The molecule has 0 spiro atoms. The quantitative estimate of drug-likeness (QED) is 0.781. The maximum absolute atomic E-state index is 10.9. The van der Waals surface area contributed by atoms with Gasteiger partial charge in [0, 0.05) is 10.3 Å². The number of carboxylic acid groups (broad SMARTS) is 1. The van der Waals surface area contributed by atoms with Gasteiger partial charge < -0.3 is 9.84 Å². The number of thiophene rings is 1. The van der Waals surface area contributed by atoms with Crippen molar-refractivity contribution in [1.29, 1.82) is 0 Å². The molecule has 20 heavy (non-hydrogen) atoms. The van der Waals surface area contributed by atoms with Crippen molar-refractivity contribution < 1.29 is 14.6 Å². The molecule has 0 aliphatic rings. The van der Waals surface area contributed by atoms with Crippen molar-refractivity contribution in [3.63, 3.8) is 0 Å². The Morgan fingerprint density at radius 2 is 2.00 bits per heavy atom. The van der Waals surface area contributed by atoms with E-state index in [1.54, 1.807) is 29.5 Å². The van der Waals surface area contributed by atoms with Crippen molar-refractivity contribution in [3.05, 3.63) is 65.0 Å². The van der Waals surface area contributed by atoms with Crippen LogP contribution in [0, 0.1) is 0 Å². The summed E-state index contributed by atoms with van der Waals surface area (Å²) in [5.74, 6) is -0.378. The molecular formula is C16H12O3S. The van der Waals surface area contributed by atoms with Gasteiger partial charge in [0.15, 0.2) is 0 Å². The molecule has 4 heteroatoms. The molecular weight excluding hydrogens is 272 g/mol. The van der Waals surface area contributed by atoms with Gasteiger partial charge in [0.1, 0.15) is 12.4 Å². The van der Waals surface area contributed by atoms with Crippen LogP contribution in [0.15, 0.2) is 53.9 Å². The van der Waals surface area contributed by atoms with Crippen molar-refractivity contribution >= 4 is 27.4 Å². The molecule has 0 unspecified atom stereocenters. The summed E-state index contributed by atoms with van der Waals surface area (Å²) in [6.07, 6.45) is 0. The Morgan fingerprint density at radius 3 is 2.85 bits per heavy atom. The summed E-state index contributed by atoms with van der Waals surface area (Å²) in [7, 11) is 0. The van der Waals surface area contributed by atoms with E-state index in [9.17, 15) is 4.79 Å². The van der Waals surface area contributed by atoms with Crippen molar-refractivity contribution in [3.8, 4) is 5.75 Å². The van der Waals surface area contributed by atoms with E-state index < -0.39 is 5.97 Å². The lowest BCUT2D eigenvalue weighted by Crippen LogP contribution is -1.98. The maximum atomic E-state index is 10.9. The predicted octanol–water partition coefficient (Wildman–Crippen LogP) is 4.18. The Balaban J connectivity index is 1.79. The van der Waals surface area contributed by atoms with Gasteiger partial charge in [-0.2, -0.15) is 0 Å². The summed E-state index contributed by atoms with van der Waals surface area (Å²) in [4.78, 5) is 10.9. The predicted molar refractivity (Wildman–Crippen MR) is 79.6 cm³/mol. The number of benzene rings is 2. The van der Waals surface area contributed by atoms with Crippen LogP contribution in [0.2, 0.25) is 0 Å². The fourth-order valence-corrected chi connectivity index (χ4v) is 2.97. The minimum absolute atomic E-state index is 0.234. The average Bonchev–Trinajstić information content (AvgIpc) is 2.89. The van der Waals surface area contributed by atoms with E-state index in [0.29, 0.717) is 12.4 Å². The standard InChI is InChI=1S/C16H12O3S/c17-16(18)11-4-3-5-13(8-11)19-9-12-10-20-15-7-2-1-6-14(12)15/h1-8,10H,9H2,(H,17,18).